The molecule has 2 rings (SSSR count). The summed E-state index contributed by atoms with van der Waals surface area (Å²) >= 11 is 0. The van der Waals surface area contributed by atoms with Gasteiger partial charge >= 0.3 is 0 Å². The smallest absolute Gasteiger partial charge is 0.241 e. The van der Waals surface area contributed by atoms with Crippen molar-refractivity contribution in [3.05, 3.63) is 31.0 Å². The topological polar surface area (TPSA) is 108 Å². The fraction of sp³-hybridized carbons (Fsp3) is 0.385. The van der Waals surface area contributed by atoms with Crippen molar-refractivity contribution in [2.45, 2.75) is 18.9 Å². The maximum atomic E-state index is 12.1. The lowest BCUT2D eigenvalue weighted by atomic mass is 10.1. The standard InChI is InChI=1S/C13H18N6O2/c1-21-7-3-4-10(14)13(20)18-11-5-2-6-16-12(11)19-9-15-8-17-19/h2,5-6,8-10H,3-4,7,14H2,1H3,(H,18,20). The van der Waals surface area contributed by atoms with Gasteiger partial charge in [0.25, 0.3) is 0 Å². The van der Waals surface area contributed by atoms with Crippen LogP contribution in [0.2, 0.25) is 0 Å². The van der Waals surface area contributed by atoms with Crippen LogP contribution in [0.3, 0.4) is 0 Å². The highest BCUT2D eigenvalue weighted by Crippen LogP contribution is 2.16. The maximum absolute atomic E-state index is 12.1. The zero-order chi connectivity index (χ0) is 15.1. The third-order valence-electron chi connectivity index (χ3n) is 2.88. The first-order chi connectivity index (χ1) is 10.2. The van der Waals surface area contributed by atoms with Gasteiger partial charge in [0.2, 0.25) is 5.91 Å². The Morgan fingerprint density at radius 2 is 2.43 bits per heavy atom. The zero-order valence-electron chi connectivity index (χ0n) is 11.8. The Labute approximate surface area is 122 Å². The molecule has 0 aliphatic heterocycles. The number of hydrogen-bond donors (Lipinski definition) is 2. The molecule has 0 aliphatic rings. The number of anilines is 1. The molecule has 0 bridgehead atoms. The van der Waals surface area contributed by atoms with E-state index in [-0.39, 0.29) is 5.91 Å². The molecule has 0 spiro atoms. The Balaban J connectivity index is 2.04. The van der Waals surface area contributed by atoms with Gasteiger partial charge in [-0.1, -0.05) is 0 Å². The molecule has 0 aliphatic carbocycles. The molecule has 0 saturated carbocycles. The van der Waals surface area contributed by atoms with Crippen molar-refractivity contribution in [1.82, 2.24) is 19.7 Å². The lowest BCUT2D eigenvalue weighted by Crippen LogP contribution is -2.36. The highest BCUT2D eigenvalue weighted by Gasteiger charge is 2.16. The van der Waals surface area contributed by atoms with Gasteiger partial charge in [-0.25, -0.2) is 14.6 Å². The third-order valence-corrected chi connectivity index (χ3v) is 2.88. The first-order valence-corrected chi connectivity index (χ1v) is 6.57. The van der Waals surface area contributed by atoms with E-state index in [1.54, 1.807) is 25.4 Å². The molecule has 3 N–H and O–H groups in total. The minimum absolute atomic E-state index is 0.263. The summed E-state index contributed by atoms with van der Waals surface area (Å²) < 4.78 is 6.42. The van der Waals surface area contributed by atoms with Gasteiger partial charge in [-0.3, -0.25) is 4.79 Å². The van der Waals surface area contributed by atoms with Crippen LogP contribution >= 0.6 is 0 Å². The summed E-state index contributed by atoms with van der Waals surface area (Å²) in [5.74, 6) is 0.230. The van der Waals surface area contributed by atoms with Crippen molar-refractivity contribution in [1.29, 1.82) is 0 Å². The van der Waals surface area contributed by atoms with E-state index in [2.05, 4.69) is 20.4 Å². The monoisotopic (exact) mass is 290 g/mol. The molecule has 8 nitrogen and oxygen atoms in total. The molecule has 0 aromatic carbocycles. The van der Waals surface area contributed by atoms with Crippen molar-refractivity contribution in [2.24, 2.45) is 5.73 Å². The normalized spacial score (nSPS) is 12.1. The van der Waals surface area contributed by atoms with Gasteiger partial charge in [0.1, 0.15) is 12.7 Å². The minimum Gasteiger partial charge on any atom is -0.385 e. The van der Waals surface area contributed by atoms with Crippen LogP contribution in [0.25, 0.3) is 5.82 Å². The van der Waals surface area contributed by atoms with Crippen molar-refractivity contribution in [3.8, 4) is 5.82 Å². The van der Waals surface area contributed by atoms with E-state index in [0.717, 1.165) is 6.42 Å². The number of ether oxygens (including phenoxy) is 1. The van der Waals surface area contributed by atoms with Gasteiger partial charge in [0.15, 0.2) is 5.82 Å². The summed E-state index contributed by atoms with van der Waals surface area (Å²) in [6.45, 7) is 0.581. The van der Waals surface area contributed by atoms with Gasteiger partial charge in [-0.05, 0) is 25.0 Å². The molecule has 0 saturated heterocycles. The number of nitrogens with zero attached hydrogens (tertiary/aromatic N) is 4. The van der Waals surface area contributed by atoms with Crippen molar-refractivity contribution in [2.75, 3.05) is 19.0 Å². The van der Waals surface area contributed by atoms with Crippen LogP contribution in [0.15, 0.2) is 31.0 Å². The summed E-state index contributed by atoms with van der Waals surface area (Å²) in [6.07, 6.45) is 5.81. The zero-order valence-corrected chi connectivity index (χ0v) is 11.8. The summed E-state index contributed by atoms with van der Waals surface area (Å²) in [5, 5.41) is 6.77. The van der Waals surface area contributed by atoms with E-state index in [1.807, 2.05) is 0 Å². The van der Waals surface area contributed by atoms with Gasteiger partial charge in [0.05, 0.1) is 11.7 Å². The summed E-state index contributed by atoms with van der Waals surface area (Å²) in [7, 11) is 1.62. The second-order valence-corrected chi connectivity index (χ2v) is 4.45. The number of amides is 1. The lowest BCUT2D eigenvalue weighted by molar-refractivity contribution is -0.117. The molecule has 1 unspecified atom stereocenters. The maximum Gasteiger partial charge on any atom is 0.241 e. The minimum atomic E-state index is -0.594. The van der Waals surface area contributed by atoms with Crippen LogP contribution in [0, 0.1) is 0 Å². The third kappa shape index (κ3) is 4.07. The molecule has 8 heteroatoms. The molecule has 2 heterocycles. The first kappa shape index (κ1) is 15.1. The van der Waals surface area contributed by atoms with E-state index in [9.17, 15) is 4.79 Å². The van der Waals surface area contributed by atoms with Crippen LogP contribution < -0.4 is 11.1 Å². The average Bonchev–Trinajstić information content (AvgIpc) is 3.02. The van der Waals surface area contributed by atoms with Crippen LogP contribution in [-0.2, 0) is 9.53 Å². The second kappa shape index (κ2) is 7.46. The van der Waals surface area contributed by atoms with Crippen LogP contribution in [0.1, 0.15) is 12.8 Å². The Morgan fingerprint density at radius 3 is 3.14 bits per heavy atom. The average molecular weight is 290 g/mol. The fourth-order valence-corrected chi connectivity index (χ4v) is 1.80. The van der Waals surface area contributed by atoms with Gasteiger partial charge in [-0.2, -0.15) is 5.10 Å². The van der Waals surface area contributed by atoms with Crippen molar-refractivity contribution >= 4 is 11.6 Å². The molecular weight excluding hydrogens is 272 g/mol. The Hall–Kier alpha value is -2.32. The number of pyridine rings is 1. The van der Waals surface area contributed by atoms with E-state index >= 15 is 0 Å². The largest absolute Gasteiger partial charge is 0.385 e. The Kier molecular flexibility index (Phi) is 5.35. The van der Waals surface area contributed by atoms with Crippen LogP contribution in [0.4, 0.5) is 5.69 Å². The van der Waals surface area contributed by atoms with E-state index < -0.39 is 6.04 Å². The lowest BCUT2D eigenvalue weighted by Gasteiger charge is -2.13. The highest BCUT2D eigenvalue weighted by atomic mass is 16.5. The SMILES string of the molecule is COCCCC(N)C(=O)Nc1cccnc1-n1cncn1. The summed E-state index contributed by atoms with van der Waals surface area (Å²) in [5.41, 5.74) is 6.39. The molecule has 2 aromatic heterocycles. The number of rotatable bonds is 7. The van der Waals surface area contributed by atoms with E-state index in [4.69, 9.17) is 10.5 Å². The number of nitrogens with one attached hydrogen (secondary N) is 1. The number of carbonyl (C=O) groups excluding carboxylic acids is 1. The molecule has 21 heavy (non-hydrogen) atoms. The number of aromatic nitrogens is 4. The molecule has 1 amide bonds. The fourth-order valence-electron chi connectivity index (χ4n) is 1.80. The van der Waals surface area contributed by atoms with E-state index in [0.29, 0.717) is 24.5 Å². The van der Waals surface area contributed by atoms with Gasteiger partial charge in [0, 0.05) is 19.9 Å². The number of carbonyl (C=O) groups is 1. The molecule has 1 atom stereocenters. The Bertz CT molecular complexity index is 572. The van der Waals surface area contributed by atoms with Crippen LogP contribution in [0.5, 0.6) is 0 Å². The Morgan fingerprint density at radius 1 is 1.57 bits per heavy atom. The molecule has 0 radical (unpaired) electrons. The molecular formula is C13H18N6O2. The van der Waals surface area contributed by atoms with E-state index in [1.165, 1.54) is 17.3 Å². The number of methoxy groups -OCH3 is 1. The second-order valence-electron chi connectivity index (χ2n) is 4.45. The predicted molar refractivity (Wildman–Crippen MR) is 76.9 cm³/mol. The van der Waals surface area contributed by atoms with Crippen molar-refractivity contribution in [3.63, 3.8) is 0 Å². The molecule has 2 aromatic rings. The van der Waals surface area contributed by atoms with Gasteiger partial charge in [-0.15, -0.1) is 0 Å². The molecule has 0 fully saturated rings. The van der Waals surface area contributed by atoms with Gasteiger partial charge < -0.3 is 15.8 Å². The summed E-state index contributed by atoms with van der Waals surface area (Å²) in [4.78, 5) is 20.1. The highest BCUT2D eigenvalue weighted by molar-refractivity contribution is 5.95. The summed E-state index contributed by atoms with van der Waals surface area (Å²) in [6, 6.07) is 2.87. The quantitative estimate of drug-likeness (QED) is 0.713. The first-order valence-electron chi connectivity index (χ1n) is 6.57. The predicted octanol–water partition coefficient (Wildman–Crippen LogP) is 0.355. The number of nitrogens with two attached hydrogens (primary N) is 1. The molecule has 112 valence electrons. The number of hydrogen-bond acceptors (Lipinski definition) is 6. The van der Waals surface area contributed by atoms with Crippen molar-refractivity contribution < 1.29 is 9.53 Å². The van der Waals surface area contributed by atoms with Crippen LogP contribution in [-0.4, -0.2) is 45.4 Å².